The van der Waals surface area contributed by atoms with Gasteiger partial charge in [0.05, 0.1) is 11.4 Å². The number of fused-ring (bicyclic) bond motifs is 7. The van der Waals surface area contributed by atoms with E-state index in [1.807, 2.05) is 11.3 Å². The number of benzene rings is 8. The SMILES string of the molecule is CC1(C)c2ccccc2-c2ccc(-c3cc(-c4cc(-c5ccccc5)cc(-c5ccc6sc7ccccc7c6c5)c4)nc(-c4cccc5ccccc45)n3)cc21. The number of hydrogen-bond acceptors (Lipinski definition) is 3. The molecule has 2 heterocycles. The maximum atomic E-state index is 5.43. The van der Waals surface area contributed by atoms with E-state index in [0.29, 0.717) is 0 Å². The van der Waals surface area contributed by atoms with Gasteiger partial charge in [-0.2, -0.15) is 0 Å². The van der Waals surface area contributed by atoms with Gasteiger partial charge in [0.25, 0.3) is 0 Å². The van der Waals surface area contributed by atoms with Crippen molar-refractivity contribution in [2.24, 2.45) is 0 Å². The van der Waals surface area contributed by atoms with Gasteiger partial charge in [0.15, 0.2) is 5.82 Å². The Hall–Kier alpha value is -6.68. The quantitative estimate of drug-likeness (QED) is 0.176. The molecule has 8 aromatic carbocycles. The topological polar surface area (TPSA) is 25.8 Å². The normalized spacial score (nSPS) is 13.0. The highest BCUT2D eigenvalue weighted by molar-refractivity contribution is 7.25. The molecule has 0 fully saturated rings. The third kappa shape index (κ3) is 5.31. The third-order valence-electron chi connectivity index (χ3n) is 11.7. The van der Waals surface area contributed by atoms with Crippen LogP contribution in [-0.4, -0.2) is 9.97 Å². The highest BCUT2D eigenvalue weighted by atomic mass is 32.1. The summed E-state index contributed by atoms with van der Waals surface area (Å²) in [6.45, 7) is 4.67. The molecule has 1 aliphatic carbocycles. The molecule has 1 aliphatic rings. The number of aromatic nitrogens is 2. The van der Waals surface area contributed by atoms with E-state index < -0.39 is 0 Å². The average molecular weight is 733 g/mol. The van der Waals surface area contributed by atoms with Gasteiger partial charge in [-0.25, -0.2) is 9.97 Å². The molecular formula is C53H36N2S. The lowest BCUT2D eigenvalue weighted by atomic mass is 9.82. The molecule has 2 nitrogen and oxygen atoms in total. The van der Waals surface area contributed by atoms with Gasteiger partial charge in [-0.15, -0.1) is 11.3 Å². The van der Waals surface area contributed by atoms with Crippen LogP contribution in [0.25, 0.3) is 98.2 Å². The van der Waals surface area contributed by atoms with Crippen LogP contribution in [0.5, 0.6) is 0 Å². The van der Waals surface area contributed by atoms with Crippen LogP contribution in [0.1, 0.15) is 25.0 Å². The maximum absolute atomic E-state index is 5.43. The molecule has 0 radical (unpaired) electrons. The first-order valence-corrected chi connectivity index (χ1v) is 20.0. The molecule has 0 saturated heterocycles. The van der Waals surface area contributed by atoms with Crippen LogP contribution in [-0.2, 0) is 5.41 Å². The lowest BCUT2D eigenvalue weighted by molar-refractivity contribution is 0.660. The average Bonchev–Trinajstić information content (AvgIpc) is 3.74. The van der Waals surface area contributed by atoms with Crippen LogP contribution >= 0.6 is 11.3 Å². The van der Waals surface area contributed by atoms with Crippen molar-refractivity contribution in [2.75, 3.05) is 0 Å². The molecule has 3 heteroatoms. The van der Waals surface area contributed by atoms with Gasteiger partial charge in [0.2, 0.25) is 0 Å². The van der Waals surface area contributed by atoms with Crippen LogP contribution in [0.4, 0.5) is 0 Å². The molecule has 0 amide bonds. The Labute approximate surface area is 330 Å². The van der Waals surface area contributed by atoms with Crippen molar-refractivity contribution in [3.05, 3.63) is 193 Å². The zero-order chi connectivity index (χ0) is 37.4. The summed E-state index contributed by atoms with van der Waals surface area (Å²) < 4.78 is 2.61. The molecule has 264 valence electrons. The number of thiophene rings is 1. The van der Waals surface area contributed by atoms with E-state index in [2.05, 4.69) is 196 Å². The highest BCUT2D eigenvalue weighted by Gasteiger charge is 2.35. The Bertz CT molecular complexity index is 3170. The summed E-state index contributed by atoms with van der Waals surface area (Å²) in [5.41, 5.74) is 14.8. The number of hydrogen-bond donors (Lipinski definition) is 0. The van der Waals surface area contributed by atoms with Crippen molar-refractivity contribution < 1.29 is 0 Å². The first-order valence-electron chi connectivity index (χ1n) is 19.2. The lowest BCUT2D eigenvalue weighted by Crippen LogP contribution is -2.14. The minimum atomic E-state index is -0.121. The number of nitrogens with zero attached hydrogens (tertiary/aromatic N) is 2. The van der Waals surface area contributed by atoms with Crippen molar-refractivity contribution in [3.8, 4) is 67.3 Å². The van der Waals surface area contributed by atoms with Crippen LogP contribution in [0.15, 0.2) is 182 Å². The highest BCUT2D eigenvalue weighted by Crippen LogP contribution is 2.49. The summed E-state index contributed by atoms with van der Waals surface area (Å²) in [5, 5.41) is 4.90. The monoisotopic (exact) mass is 732 g/mol. The molecule has 0 N–H and O–H groups in total. The van der Waals surface area contributed by atoms with E-state index in [-0.39, 0.29) is 5.41 Å². The summed E-state index contributed by atoms with van der Waals surface area (Å²) in [4.78, 5) is 10.8. The summed E-state index contributed by atoms with van der Waals surface area (Å²) in [7, 11) is 0. The molecule has 2 aromatic heterocycles. The van der Waals surface area contributed by atoms with Gasteiger partial charge >= 0.3 is 0 Å². The van der Waals surface area contributed by atoms with E-state index in [0.717, 1.165) is 50.4 Å². The van der Waals surface area contributed by atoms with Crippen molar-refractivity contribution >= 4 is 42.3 Å². The van der Waals surface area contributed by atoms with Gasteiger partial charge < -0.3 is 0 Å². The molecule has 56 heavy (non-hydrogen) atoms. The van der Waals surface area contributed by atoms with E-state index in [1.54, 1.807) is 0 Å². The van der Waals surface area contributed by atoms with Crippen molar-refractivity contribution in [1.29, 1.82) is 0 Å². The van der Waals surface area contributed by atoms with Gasteiger partial charge in [-0.3, -0.25) is 0 Å². The Morgan fingerprint density at radius 1 is 0.375 bits per heavy atom. The van der Waals surface area contributed by atoms with Gasteiger partial charge in [-0.1, -0.05) is 147 Å². The zero-order valence-electron chi connectivity index (χ0n) is 31.1. The molecule has 0 bridgehead atoms. The van der Waals surface area contributed by atoms with E-state index >= 15 is 0 Å². The fourth-order valence-electron chi connectivity index (χ4n) is 8.79. The number of rotatable bonds is 5. The molecule has 0 saturated carbocycles. The minimum Gasteiger partial charge on any atom is -0.228 e. The third-order valence-corrected chi connectivity index (χ3v) is 12.8. The minimum absolute atomic E-state index is 0.121. The van der Waals surface area contributed by atoms with E-state index in [1.165, 1.54) is 58.9 Å². The first-order chi connectivity index (χ1) is 27.5. The lowest BCUT2D eigenvalue weighted by Gasteiger charge is -2.22. The largest absolute Gasteiger partial charge is 0.228 e. The summed E-state index contributed by atoms with van der Waals surface area (Å²) in [6.07, 6.45) is 0. The van der Waals surface area contributed by atoms with Crippen LogP contribution < -0.4 is 0 Å². The molecular weight excluding hydrogens is 697 g/mol. The van der Waals surface area contributed by atoms with Crippen molar-refractivity contribution in [1.82, 2.24) is 9.97 Å². The van der Waals surface area contributed by atoms with E-state index in [4.69, 9.17) is 9.97 Å². The smallest absolute Gasteiger partial charge is 0.161 e. The van der Waals surface area contributed by atoms with E-state index in [9.17, 15) is 0 Å². The van der Waals surface area contributed by atoms with Crippen molar-refractivity contribution in [3.63, 3.8) is 0 Å². The predicted octanol–water partition coefficient (Wildman–Crippen LogP) is 14.6. The Morgan fingerprint density at radius 3 is 1.88 bits per heavy atom. The second-order valence-electron chi connectivity index (χ2n) is 15.4. The van der Waals surface area contributed by atoms with Gasteiger partial charge in [-0.05, 0) is 104 Å². The van der Waals surface area contributed by atoms with Gasteiger partial charge in [0.1, 0.15) is 0 Å². The second kappa shape index (κ2) is 12.7. The standard InChI is InChI=1S/C53H36N2S/c1-53(2)46-21-10-8-18-41(46)42-25-23-36(31-47(42)53)48-32-49(55-52(54-48)44-20-12-16-34-15-6-7-17-40(34)44)39-28-37(33-13-4-3-5-14-33)27-38(29-39)35-24-26-51-45(30-35)43-19-9-11-22-50(43)56-51/h3-32H,1-2H3. The molecule has 0 spiro atoms. The summed E-state index contributed by atoms with van der Waals surface area (Å²) >= 11 is 1.85. The fourth-order valence-corrected chi connectivity index (χ4v) is 9.88. The molecule has 11 rings (SSSR count). The second-order valence-corrected chi connectivity index (χ2v) is 16.5. The Balaban J connectivity index is 1.14. The zero-order valence-corrected chi connectivity index (χ0v) is 31.9. The molecule has 10 aromatic rings. The summed E-state index contributed by atoms with van der Waals surface area (Å²) in [5.74, 6) is 0.718. The van der Waals surface area contributed by atoms with Crippen LogP contribution in [0, 0.1) is 0 Å². The van der Waals surface area contributed by atoms with Crippen LogP contribution in [0.3, 0.4) is 0 Å². The van der Waals surface area contributed by atoms with Crippen LogP contribution in [0.2, 0.25) is 0 Å². The molecule has 0 aliphatic heterocycles. The Kier molecular flexibility index (Phi) is 7.42. The Morgan fingerprint density at radius 2 is 1.00 bits per heavy atom. The molecule has 0 unspecified atom stereocenters. The van der Waals surface area contributed by atoms with Gasteiger partial charge in [0, 0.05) is 42.3 Å². The molecule has 0 atom stereocenters. The predicted molar refractivity (Wildman–Crippen MR) is 237 cm³/mol. The maximum Gasteiger partial charge on any atom is 0.161 e. The van der Waals surface area contributed by atoms with Crippen molar-refractivity contribution in [2.45, 2.75) is 19.3 Å². The fraction of sp³-hybridized carbons (Fsp3) is 0.0566. The summed E-state index contributed by atoms with van der Waals surface area (Å²) in [6, 6.07) is 66.1. The first kappa shape index (κ1) is 32.7.